The number of hydrogen-bond donors (Lipinski definition) is 1. The molecule has 1 aliphatic heterocycles. The average Bonchev–Trinajstić information content (AvgIpc) is 2.67. The number of allylic oxidation sites excluding steroid dienone is 1. The van der Waals surface area contributed by atoms with Crippen LogP contribution in [0.25, 0.3) is 0 Å². The van der Waals surface area contributed by atoms with Gasteiger partial charge in [0.05, 0.1) is 13.2 Å². The third-order valence-corrected chi connectivity index (χ3v) is 1.88. The molecular formula is C10H15NO3. The summed E-state index contributed by atoms with van der Waals surface area (Å²) in [6.07, 6.45) is 2.58. The van der Waals surface area contributed by atoms with Crippen LogP contribution in [0.1, 0.15) is 6.42 Å². The maximum absolute atomic E-state index is 8.62. The van der Waals surface area contributed by atoms with Crippen molar-refractivity contribution in [3.8, 4) is 0 Å². The van der Waals surface area contributed by atoms with Gasteiger partial charge in [0.1, 0.15) is 6.61 Å². The Hall–Kier alpha value is -1.29. The first kappa shape index (κ1) is 10.8. The Morgan fingerprint density at radius 2 is 2.57 bits per heavy atom. The lowest BCUT2D eigenvalue weighted by Crippen LogP contribution is -2.12. The van der Waals surface area contributed by atoms with E-state index in [9.17, 15) is 0 Å². The van der Waals surface area contributed by atoms with Crippen LogP contribution in [-0.4, -0.2) is 37.9 Å². The summed E-state index contributed by atoms with van der Waals surface area (Å²) < 4.78 is 10.6. The molecule has 0 aromatic rings. The van der Waals surface area contributed by atoms with E-state index in [0.717, 1.165) is 12.0 Å². The SMILES string of the molecule is C=CC1=C(C(=NC)OCCO)OCC1. The molecule has 0 saturated carbocycles. The predicted molar refractivity (Wildman–Crippen MR) is 54.2 cm³/mol. The molecule has 1 aliphatic rings. The van der Waals surface area contributed by atoms with Crippen molar-refractivity contribution in [1.82, 2.24) is 0 Å². The van der Waals surface area contributed by atoms with Gasteiger partial charge in [0.15, 0.2) is 5.76 Å². The van der Waals surface area contributed by atoms with E-state index in [1.165, 1.54) is 0 Å². The normalized spacial score (nSPS) is 16.9. The Morgan fingerprint density at radius 3 is 3.14 bits per heavy atom. The largest absolute Gasteiger partial charge is 0.487 e. The van der Waals surface area contributed by atoms with Crippen LogP contribution in [0.15, 0.2) is 29.0 Å². The minimum atomic E-state index is -0.0320. The second kappa shape index (κ2) is 5.44. The van der Waals surface area contributed by atoms with E-state index < -0.39 is 0 Å². The lowest BCUT2D eigenvalue weighted by atomic mass is 10.2. The molecule has 4 heteroatoms. The zero-order chi connectivity index (χ0) is 10.4. The molecule has 0 aromatic heterocycles. The predicted octanol–water partition coefficient (Wildman–Crippen LogP) is 0.884. The molecule has 78 valence electrons. The van der Waals surface area contributed by atoms with Gasteiger partial charge >= 0.3 is 0 Å². The molecule has 4 nitrogen and oxygen atoms in total. The van der Waals surface area contributed by atoms with E-state index in [1.54, 1.807) is 13.1 Å². The fourth-order valence-electron chi connectivity index (χ4n) is 1.24. The van der Waals surface area contributed by atoms with Crippen molar-refractivity contribution >= 4 is 5.90 Å². The number of aliphatic imine (C=N–C) groups is 1. The molecule has 0 fully saturated rings. The lowest BCUT2D eigenvalue weighted by Gasteiger charge is -2.08. The molecular weight excluding hydrogens is 182 g/mol. The van der Waals surface area contributed by atoms with Crippen LogP contribution in [0, 0.1) is 0 Å². The van der Waals surface area contributed by atoms with Crippen molar-refractivity contribution in [1.29, 1.82) is 0 Å². The summed E-state index contributed by atoms with van der Waals surface area (Å²) >= 11 is 0. The van der Waals surface area contributed by atoms with Gasteiger partial charge in [-0.25, -0.2) is 0 Å². The van der Waals surface area contributed by atoms with Gasteiger partial charge in [-0.05, 0) is 0 Å². The van der Waals surface area contributed by atoms with Gasteiger partial charge in [0.25, 0.3) is 5.90 Å². The number of ether oxygens (including phenoxy) is 2. The summed E-state index contributed by atoms with van der Waals surface area (Å²) in [6.45, 7) is 4.52. The zero-order valence-corrected chi connectivity index (χ0v) is 8.32. The molecule has 0 aromatic carbocycles. The topological polar surface area (TPSA) is 51.0 Å². The molecule has 0 bridgehead atoms. The smallest absolute Gasteiger partial charge is 0.252 e. The number of nitrogens with zero attached hydrogens (tertiary/aromatic N) is 1. The van der Waals surface area contributed by atoms with Crippen molar-refractivity contribution in [2.24, 2.45) is 4.99 Å². The Morgan fingerprint density at radius 1 is 1.79 bits per heavy atom. The fourth-order valence-corrected chi connectivity index (χ4v) is 1.24. The van der Waals surface area contributed by atoms with Crippen LogP contribution in [0.2, 0.25) is 0 Å². The lowest BCUT2D eigenvalue weighted by molar-refractivity contribution is 0.180. The first-order valence-corrected chi connectivity index (χ1v) is 4.52. The summed E-state index contributed by atoms with van der Waals surface area (Å²) in [4.78, 5) is 3.96. The first-order valence-electron chi connectivity index (χ1n) is 4.52. The number of hydrogen-bond acceptors (Lipinski definition) is 4. The summed E-state index contributed by atoms with van der Waals surface area (Å²) in [6, 6.07) is 0. The molecule has 0 aliphatic carbocycles. The van der Waals surface area contributed by atoms with Gasteiger partial charge in [-0.2, -0.15) is 0 Å². The third kappa shape index (κ3) is 2.35. The Balaban J connectivity index is 2.73. The minimum Gasteiger partial charge on any atom is -0.487 e. The van der Waals surface area contributed by atoms with E-state index in [4.69, 9.17) is 14.6 Å². The Bertz CT molecular complexity index is 269. The van der Waals surface area contributed by atoms with Crippen LogP contribution in [0.4, 0.5) is 0 Å². The van der Waals surface area contributed by atoms with Crippen molar-refractivity contribution < 1.29 is 14.6 Å². The molecule has 1 heterocycles. The highest BCUT2D eigenvalue weighted by Crippen LogP contribution is 2.21. The van der Waals surface area contributed by atoms with E-state index in [-0.39, 0.29) is 13.2 Å². The molecule has 1 rings (SSSR count). The van der Waals surface area contributed by atoms with Gasteiger partial charge in [0.2, 0.25) is 0 Å². The van der Waals surface area contributed by atoms with Crippen molar-refractivity contribution in [3.05, 3.63) is 24.0 Å². The highest BCUT2D eigenvalue weighted by molar-refractivity contribution is 5.93. The van der Waals surface area contributed by atoms with Crippen LogP contribution in [0.3, 0.4) is 0 Å². The second-order valence-corrected chi connectivity index (χ2v) is 2.76. The first-order chi connectivity index (χ1) is 6.83. The molecule has 0 unspecified atom stereocenters. The van der Waals surface area contributed by atoms with Gasteiger partial charge in [-0.3, -0.25) is 4.99 Å². The second-order valence-electron chi connectivity index (χ2n) is 2.76. The van der Waals surface area contributed by atoms with E-state index in [0.29, 0.717) is 18.3 Å². The van der Waals surface area contributed by atoms with Gasteiger partial charge < -0.3 is 14.6 Å². The summed E-state index contributed by atoms with van der Waals surface area (Å²) in [5.41, 5.74) is 1.00. The van der Waals surface area contributed by atoms with E-state index >= 15 is 0 Å². The van der Waals surface area contributed by atoms with Gasteiger partial charge in [-0.1, -0.05) is 12.7 Å². The van der Waals surface area contributed by atoms with Crippen LogP contribution >= 0.6 is 0 Å². The molecule has 1 N–H and O–H groups in total. The number of rotatable bonds is 4. The Labute approximate surface area is 83.6 Å². The molecule has 0 amide bonds. The van der Waals surface area contributed by atoms with Crippen LogP contribution < -0.4 is 0 Å². The van der Waals surface area contributed by atoms with E-state index in [1.807, 2.05) is 0 Å². The molecule has 0 saturated heterocycles. The third-order valence-electron chi connectivity index (χ3n) is 1.88. The maximum atomic E-state index is 8.62. The molecule has 0 atom stereocenters. The monoisotopic (exact) mass is 197 g/mol. The highest BCUT2D eigenvalue weighted by Gasteiger charge is 2.19. The zero-order valence-electron chi connectivity index (χ0n) is 8.32. The van der Waals surface area contributed by atoms with Crippen molar-refractivity contribution in [3.63, 3.8) is 0 Å². The molecule has 0 radical (unpaired) electrons. The summed E-state index contributed by atoms with van der Waals surface area (Å²) in [5.74, 6) is 1.09. The van der Waals surface area contributed by atoms with Crippen molar-refractivity contribution in [2.75, 3.05) is 26.9 Å². The summed E-state index contributed by atoms with van der Waals surface area (Å²) in [7, 11) is 1.63. The summed E-state index contributed by atoms with van der Waals surface area (Å²) in [5, 5.41) is 8.62. The van der Waals surface area contributed by atoms with Crippen molar-refractivity contribution in [2.45, 2.75) is 6.42 Å². The fraction of sp³-hybridized carbons (Fsp3) is 0.500. The van der Waals surface area contributed by atoms with E-state index in [2.05, 4.69) is 11.6 Å². The highest BCUT2D eigenvalue weighted by atomic mass is 16.5. The average molecular weight is 197 g/mol. The number of aliphatic hydroxyl groups is 1. The molecule has 0 spiro atoms. The minimum absolute atomic E-state index is 0.0320. The molecule has 14 heavy (non-hydrogen) atoms. The Kier molecular flexibility index (Phi) is 4.19. The maximum Gasteiger partial charge on any atom is 0.252 e. The standard InChI is InChI=1S/C10H15NO3/c1-3-8-4-6-13-9(8)10(11-2)14-7-5-12/h3,12H,1,4-7H2,2H3. The van der Waals surface area contributed by atoms with Crippen LogP contribution in [0.5, 0.6) is 0 Å². The van der Waals surface area contributed by atoms with Gasteiger partial charge in [0, 0.05) is 19.0 Å². The number of aliphatic hydroxyl groups excluding tert-OH is 1. The quantitative estimate of drug-likeness (QED) is 0.537. The van der Waals surface area contributed by atoms with Crippen LogP contribution in [-0.2, 0) is 9.47 Å². The van der Waals surface area contributed by atoms with Gasteiger partial charge in [-0.15, -0.1) is 0 Å².